The van der Waals surface area contributed by atoms with Gasteiger partial charge in [0, 0.05) is 25.0 Å². The molecule has 1 saturated heterocycles. The van der Waals surface area contributed by atoms with Gasteiger partial charge < -0.3 is 10.2 Å². The number of hydrogen-bond donors (Lipinski definition) is 1. The van der Waals surface area contributed by atoms with E-state index in [1.165, 1.54) is 6.07 Å². The van der Waals surface area contributed by atoms with E-state index in [1.54, 1.807) is 18.3 Å². The lowest BCUT2D eigenvalue weighted by molar-refractivity contribution is -0.137. The highest BCUT2D eigenvalue weighted by Gasteiger charge is 2.33. The first kappa shape index (κ1) is 18.5. The molecule has 0 radical (unpaired) electrons. The number of hydrogen-bond acceptors (Lipinski definition) is 3. The fourth-order valence-electron chi connectivity index (χ4n) is 2.95. The minimum absolute atomic E-state index is 0.0279. The topological polar surface area (TPSA) is 45.2 Å². The number of carbonyl (C=O) groups excluding carboxylic acids is 1. The number of nitrogens with one attached hydrogen (secondary N) is 1. The van der Waals surface area contributed by atoms with Crippen LogP contribution in [0, 0.1) is 0 Å². The van der Waals surface area contributed by atoms with Crippen LogP contribution in [0.5, 0.6) is 0 Å². The Balaban J connectivity index is 1.85. The number of carbonyl (C=O) groups is 1. The lowest BCUT2D eigenvalue weighted by Gasteiger charge is -2.29. The van der Waals surface area contributed by atoms with Crippen LogP contribution >= 0.6 is 11.6 Å². The predicted octanol–water partition coefficient (Wildman–Crippen LogP) is 5.00. The molecule has 0 spiro atoms. The van der Waals surface area contributed by atoms with Gasteiger partial charge in [-0.3, -0.25) is 4.79 Å². The van der Waals surface area contributed by atoms with Crippen molar-refractivity contribution in [3.63, 3.8) is 0 Å². The van der Waals surface area contributed by atoms with Crippen LogP contribution in [0.1, 0.15) is 35.2 Å². The Morgan fingerprint density at radius 2 is 1.88 bits per heavy atom. The van der Waals surface area contributed by atoms with Crippen LogP contribution in [0.3, 0.4) is 0 Å². The Morgan fingerprint density at radius 1 is 1.15 bits per heavy atom. The van der Waals surface area contributed by atoms with Crippen molar-refractivity contribution in [1.29, 1.82) is 0 Å². The Hall–Kier alpha value is -2.28. The van der Waals surface area contributed by atoms with Crippen molar-refractivity contribution in [1.82, 2.24) is 4.98 Å². The van der Waals surface area contributed by atoms with E-state index in [9.17, 15) is 18.0 Å². The second-order valence-corrected chi connectivity index (χ2v) is 6.48. The van der Waals surface area contributed by atoms with Gasteiger partial charge in [-0.1, -0.05) is 11.6 Å². The first-order valence-electron chi connectivity index (χ1n) is 8.24. The van der Waals surface area contributed by atoms with Crippen molar-refractivity contribution >= 4 is 29.0 Å². The van der Waals surface area contributed by atoms with E-state index in [-0.39, 0.29) is 5.69 Å². The molecular weight excluding hydrogens is 367 g/mol. The highest BCUT2D eigenvalue weighted by atomic mass is 35.5. The second kappa shape index (κ2) is 7.53. The molecule has 3 rings (SSSR count). The summed E-state index contributed by atoms with van der Waals surface area (Å²) in [5, 5.41) is 2.10. The molecule has 138 valence electrons. The van der Waals surface area contributed by atoms with E-state index in [1.807, 2.05) is 4.90 Å². The molecule has 26 heavy (non-hydrogen) atoms. The largest absolute Gasteiger partial charge is 0.417 e. The van der Waals surface area contributed by atoms with Gasteiger partial charge in [0.15, 0.2) is 0 Å². The molecule has 1 aromatic heterocycles. The fourth-order valence-corrected chi connectivity index (χ4v) is 3.18. The first-order chi connectivity index (χ1) is 12.4. The summed E-state index contributed by atoms with van der Waals surface area (Å²) in [6.45, 7) is 1.60. The van der Waals surface area contributed by atoms with Gasteiger partial charge in [-0.05, 0) is 49.6 Å². The van der Waals surface area contributed by atoms with Crippen molar-refractivity contribution in [2.24, 2.45) is 0 Å². The monoisotopic (exact) mass is 383 g/mol. The third kappa shape index (κ3) is 4.09. The molecule has 0 bridgehead atoms. The number of rotatable bonds is 3. The Kier molecular flexibility index (Phi) is 5.36. The van der Waals surface area contributed by atoms with E-state index < -0.39 is 22.7 Å². The molecule has 4 nitrogen and oxygen atoms in total. The van der Waals surface area contributed by atoms with Crippen LogP contribution < -0.4 is 10.2 Å². The number of anilines is 2. The standard InChI is InChI=1S/C18H17ClF3N3O/c19-15-7-6-12(11-14(15)18(20,21)22)24-17(26)13-5-4-8-23-16(13)25-9-2-1-3-10-25/h4-8,11H,1-3,9-10H2,(H,24,26). The van der Waals surface area contributed by atoms with Crippen LogP contribution in [0.15, 0.2) is 36.5 Å². The van der Waals surface area contributed by atoms with Gasteiger partial charge in [0.1, 0.15) is 5.82 Å². The average Bonchev–Trinajstić information content (AvgIpc) is 2.63. The summed E-state index contributed by atoms with van der Waals surface area (Å²) in [6.07, 6.45) is 0.180. The Bertz CT molecular complexity index is 805. The molecule has 1 amide bonds. The zero-order valence-electron chi connectivity index (χ0n) is 13.8. The van der Waals surface area contributed by atoms with Crippen LogP contribution in [0.4, 0.5) is 24.7 Å². The molecule has 1 aliphatic heterocycles. The minimum atomic E-state index is -4.59. The van der Waals surface area contributed by atoms with Gasteiger partial charge in [0.2, 0.25) is 0 Å². The molecule has 1 fully saturated rings. The maximum Gasteiger partial charge on any atom is 0.417 e. The lowest BCUT2D eigenvalue weighted by Crippen LogP contribution is -2.32. The van der Waals surface area contributed by atoms with E-state index in [0.717, 1.165) is 44.5 Å². The van der Waals surface area contributed by atoms with Crippen molar-refractivity contribution in [2.45, 2.75) is 25.4 Å². The number of piperidine rings is 1. The lowest BCUT2D eigenvalue weighted by atomic mass is 10.1. The minimum Gasteiger partial charge on any atom is -0.356 e. The number of halogens is 4. The highest BCUT2D eigenvalue weighted by molar-refractivity contribution is 6.31. The molecule has 1 aliphatic rings. The van der Waals surface area contributed by atoms with Crippen LogP contribution in [-0.2, 0) is 6.18 Å². The molecule has 1 aromatic carbocycles. The van der Waals surface area contributed by atoms with Crippen molar-refractivity contribution < 1.29 is 18.0 Å². The van der Waals surface area contributed by atoms with E-state index >= 15 is 0 Å². The quantitative estimate of drug-likeness (QED) is 0.811. The third-order valence-corrected chi connectivity index (χ3v) is 4.55. The van der Waals surface area contributed by atoms with Crippen molar-refractivity contribution in [2.75, 3.05) is 23.3 Å². The maximum absolute atomic E-state index is 13.0. The number of alkyl halides is 3. The number of amides is 1. The molecule has 2 aromatic rings. The molecular formula is C18H17ClF3N3O. The molecule has 2 heterocycles. The number of aromatic nitrogens is 1. The summed E-state index contributed by atoms with van der Waals surface area (Å²) in [5.41, 5.74) is -0.627. The first-order valence-corrected chi connectivity index (χ1v) is 8.62. The smallest absolute Gasteiger partial charge is 0.356 e. The van der Waals surface area contributed by atoms with Gasteiger partial charge >= 0.3 is 6.18 Å². The van der Waals surface area contributed by atoms with Gasteiger partial charge in [-0.15, -0.1) is 0 Å². The van der Waals surface area contributed by atoms with Crippen molar-refractivity contribution in [3.8, 4) is 0 Å². The summed E-state index contributed by atoms with van der Waals surface area (Å²) in [7, 11) is 0. The molecule has 1 N–H and O–H groups in total. The SMILES string of the molecule is O=C(Nc1ccc(Cl)c(C(F)(F)F)c1)c1cccnc1N1CCCCC1. The van der Waals surface area contributed by atoms with E-state index in [2.05, 4.69) is 10.3 Å². The maximum atomic E-state index is 13.0. The van der Waals surface area contributed by atoms with Gasteiger partial charge in [0.25, 0.3) is 5.91 Å². The normalized spacial score (nSPS) is 15.0. The zero-order valence-corrected chi connectivity index (χ0v) is 14.6. The van der Waals surface area contributed by atoms with E-state index in [4.69, 9.17) is 11.6 Å². The third-order valence-electron chi connectivity index (χ3n) is 4.22. The van der Waals surface area contributed by atoms with Crippen LogP contribution in [0.2, 0.25) is 5.02 Å². The summed E-state index contributed by atoms with van der Waals surface area (Å²) >= 11 is 5.61. The van der Waals surface area contributed by atoms with Crippen molar-refractivity contribution in [3.05, 3.63) is 52.7 Å². The molecule has 0 atom stereocenters. The summed E-state index contributed by atoms with van der Waals surface area (Å²) in [6, 6.07) is 6.54. The summed E-state index contributed by atoms with van der Waals surface area (Å²) in [5.74, 6) is 0.0452. The second-order valence-electron chi connectivity index (χ2n) is 6.07. The highest BCUT2D eigenvalue weighted by Crippen LogP contribution is 2.36. The number of benzene rings is 1. The molecule has 8 heteroatoms. The number of pyridine rings is 1. The molecule has 0 unspecified atom stereocenters. The van der Waals surface area contributed by atoms with Crippen LogP contribution in [0.25, 0.3) is 0 Å². The average molecular weight is 384 g/mol. The molecule has 0 saturated carbocycles. The van der Waals surface area contributed by atoms with Gasteiger partial charge in [-0.25, -0.2) is 4.98 Å². The Morgan fingerprint density at radius 3 is 2.58 bits per heavy atom. The summed E-state index contributed by atoms with van der Waals surface area (Å²) < 4.78 is 38.9. The summed E-state index contributed by atoms with van der Waals surface area (Å²) in [4.78, 5) is 19.0. The molecule has 0 aliphatic carbocycles. The fraction of sp³-hybridized carbons (Fsp3) is 0.333. The predicted molar refractivity (Wildman–Crippen MR) is 94.7 cm³/mol. The van der Waals surface area contributed by atoms with Gasteiger partial charge in [-0.2, -0.15) is 13.2 Å². The van der Waals surface area contributed by atoms with Gasteiger partial charge in [0.05, 0.1) is 16.1 Å². The van der Waals surface area contributed by atoms with Crippen LogP contribution in [-0.4, -0.2) is 24.0 Å². The number of nitrogens with zero attached hydrogens (tertiary/aromatic N) is 2. The zero-order chi connectivity index (χ0) is 18.7. The van der Waals surface area contributed by atoms with E-state index in [0.29, 0.717) is 11.4 Å². The Labute approximate surface area is 154 Å².